The first-order valence-electron chi connectivity index (χ1n) is 5.92. The van der Waals surface area contributed by atoms with Gasteiger partial charge in [-0.25, -0.2) is 9.48 Å². The molecule has 2 rings (SSSR count). The van der Waals surface area contributed by atoms with E-state index in [1.807, 2.05) is 39.0 Å². The van der Waals surface area contributed by atoms with E-state index in [1.165, 1.54) is 11.1 Å². The Morgan fingerprint density at radius 2 is 2.00 bits per heavy atom. The number of aryl methyl sites for hydroxylation is 3. The zero-order chi connectivity index (χ0) is 13.3. The highest BCUT2D eigenvalue weighted by molar-refractivity contribution is 5.85. The summed E-state index contributed by atoms with van der Waals surface area (Å²) < 4.78 is 1.70. The van der Waals surface area contributed by atoms with Gasteiger partial charge in [0.15, 0.2) is 5.69 Å². The molecule has 4 heteroatoms. The van der Waals surface area contributed by atoms with Crippen LogP contribution in [0.1, 0.15) is 34.2 Å². The molecule has 0 saturated carbocycles. The van der Waals surface area contributed by atoms with Crippen LogP contribution in [0.2, 0.25) is 0 Å². The lowest BCUT2D eigenvalue weighted by Crippen LogP contribution is -2.04. The molecule has 0 aliphatic rings. The Hall–Kier alpha value is -2.10. The van der Waals surface area contributed by atoms with Crippen molar-refractivity contribution in [2.24, 2.45) is 0 Å². The maximum atomic E-state index is 11.0. The van der Waals surface area contributed by atoms with Gasteiger partial charge in [0.1, 0.15) is 0 Å². The maximum absolute atomic E-state index is 11.0. The molecule has 2 aromatic rings. The van der Waals surface area contributed by atoms with Crippen LogP contribution in [0.25, 0.3) is 5.69 Å². The van der Waals surface area contributed by atoms with Crippen LogP contribution in [-0.4, -0.2) is 20.9 Å². The Morgan fingerprint density at radius 3 is 2.56 bits per heavy atom. The third-order valence-corrected chi connectivity index (χ3v) is 3.10. The van der Waals surface area contributed by atoms with Crippen molar-refractivity contribution >= 4 is 5.97 Å². The fraction of sp³-hybridized carbons (Fsp3) is 0.286. The third kappa shape index (κ3) is 2.14. The van der Waals surface area contributed by atoms with Crippen molar-refractivity contribution in [1.82, 2.24) is 9.78 Å². The second-order valence-corrected chi connectivity index (χ2v) is 4.36. The Kier molecular flexibility index (Phi) is 3.19. The van der Waals surface area contributed by atoms with E-state index >= 15 is 0 Å². The highest BCUT2D eigenvalue weighted by Crippen LogP contribution is 2.17. The van der Waals surface area contributed by atoms with Gasteiger partial charge in [-0.15, -0.1) is 0 Å². The van der Waals surface area contributed by atoms with Crippen molar-refractivity contribution in [2.75, 3.05) is 0 Å². The van der Waals surface area contributed by atoms with Crippen molar-refractivity contribution in [3.63, 3.8) is 0 Å². The Bertz CT molecular complexity index is 600. The first-order valence-corrected chi connectivity index (χ1v) is 5.92. The molecule has 0 atom stereocenters. The molecule has 94 valence electrons. The molecule has 18 heavy (non-hydrogen) atoms. The maximum Gasteiger partial charge on any atom is 0.356 e. The first kappa shape index (κ1) is 12.4. The van der Waals surface area contributed by atoms with Crippen molar-refractivity contribution in [1.29, 1.82) is 0 Å². The highest BCUT2D eigenvalue weighted by Gasteiger charge is 2.13. The van der Waals surface area contributed by atoms with Gasteiger partial charge in [-0.1, -0.05) is 13.0 Å². The lowest BCUT2D eigenvalue weighted by molar-refractivity contribution is 0.0690. The molecular weight excluding hydrogens is 228 g/mol. The Labute approximate surface area is 106 Å². The van der Waals surface area contributed by atoms with E-state index in [9.17, 15) is 4.79 Å². The summed E-state index contributed by atoms with van der Waals surface area (Å²) in [5, 5.41) is 13.1. The quantitative estimate of drug-likeness (QED) is 0.903. The van der Waals surface area contributed by atoms with Crippen LogP contribution in [0.3, 0.4) is 0 Å². The van der Waals surface area contributed by atoms with Crippen molar-refractivity contribution < 1.29 is 9.90 Å². The number of nitrogens with zero attached hydrogens (tertiary/aromatic N) is 2. The van der Waals surface area contributed by atoms with Crippen LogP contribution < -0.4 is 0 Å². The molecule has 0 aliphatic heterocycles. The second kappa shape index (κ2) is 4.64. The summed E-state index contributed by atoms with van der Waals surface area (Å²) in [6.07, 6.45) is 0.743. The number of aromatic nitrogens is 2. The van der Waals surface area contributed by atoms with E-state index in [0.717, 1.165) is 17.8 Å². The number of carbonyl (C=O) groups is 1. The molecule has 1 heterocycles. The van der Waals surface area contributed by atoms with Crippen LogP contribution in [0.15, 0.2) is 24.3 Å². The fourth-order valence-electron chi connectivity index (χ4n) is 1.86. The van der Waals surface area contributed by atoms with Gasteiger partial charge in [-0.05, 0) is 49.6 Å². The van der Waals surface area contributed by atoms with E-state index in [4.69, 9.17) is 5.11 Å². The minimum absolute atomic E-state index is 0.0880. The molecule has 0 aliphatic carbocycles. The fourth-order valence-corrected chi connectivity index (χ4v) is 1.86. The molecule has 1 aromatic heterocycles. The van der Waals surface area contributed by atoms with Crippen LogP contribution in [0.4, 0.5) is 0 Å². The summed E-state index contributed by atoms with van der Waals surface area (Å²) in [6, 6.07) is 7.62. The number of aromatic carboxylic acids is 1. The average Bonchev–Trinajstić information content (AvgIpc) is 2.77. The van der Waals surface area contributed by atoms with E-state index < -0.39 is 5.97 Å². The minimum Gasteiger partial charge on any atom is -0.476 e. The molecule has 0 saturated heterocycles. The number of carboxylic acid groups (broad SMARTS) is 1. The number of carboxylic acids is 1. The minimum atomic E-state index is -0.993. The molecule has 0 amide bonds. The zero-order valence-corrected chi connectivity index (χ0v) is 10.8. The lowest BCUT2D eigenvalue weighted by Gasteiger charge is -2.08. The van der Waals surface area contributed by atoms with Gasteiger partial charge in [0.05, 0.1) is 5.69 Å². The smallest absolute Gasteiger partial charge is 0.356 e. The van der Waals surface area contributed by atoms with Crippen molar-refractivity contribution in [3.05, 3.63) is 46.8 Å². The van der Waals surface area contributed by atoms with Gasteiger partial charge >= 0.3 is 5.97 Å². The lowest BCUT2D eigenvalue weighted by atomic mass is 10.1. The number of hydrogen-bond acceptors (Lipinski definition) is 2. The molecule has 1 aromatic carbocycles. The SMILES string of the molecule is CCc1cc(C(=O)O)nn1-c1ccc(C)c(C)c1. The van der Waals surface area contributed by atoms with E-state index in [-0.39, 0.29) is 5.69 Å². The molecule has 0 fully saturated rings. The number of hydrogen-bond donors (Lipinski definition) is 1. The largest absolute Gasteiger partial charge is 0.476 e. The highest BCUT2D eigenvalue weighted by atomic mass is 16.4. The summed E-state index contributed by atoms with van der Waals surface area (Å²) in [5.41, 5.74) is 4.27. The predicted molar refractivity (Wildman–Crippen MR) is 69.4 cm³/mol. The van der Waals surface area contributed by atoms with Crippen LogP contribution in [0, 0.1) is 13.8 Å². The average molecular weight is 244 g/mol. The van der Waals surface area contributed by atoms with Crippen LogP contribution in [0.5, 0.6) is 0 Å². The molecule has 0 radical (unpaired) electrons. The molecule has 0 spiro atoms. The predicted octanol–water partition coefficient (Wildman–Crippen LogP) is 2.75. The second-order valence-electron chi connectivity index (χ2n) is 4.36. The summed E-state index contributed by atoms with van der Waals surface area (Å²) >= 11 is 0. The number of rotatable bonds is 3. The van der Waals surface area contributed by atoms with E-state index in [0.29, 0.717) is 0 Å². The summed E-state index contributed by atoms with van der Waals surface area (Å²) in [7, 11) is 0. The summed E-state index contributed by atoms with van der Waals surface area (Å²) in [5.74, 6) is -0.993. The van der Waals surface area contributed by atoms with Gasteiger partial charge in [0.25, 0.3) is 0 Å². The van der Waals surface area contributed by atoms with E-state index in [2.05, 4.69) is 5.10 Å². The molecule has 4 nitrogen and oxygen atoms in total. The van der Waals surface area contributed by atoms with Crippen LogP contribution in [-0.2, 0) is 6.42 Å². The van der Waals surface area contributed by atoms with Gasteiger partial charge in [0.2, 0.25) is 0 Å². The third-order valence-electron chi connectivity index (χ3n) is 3.10. The molecule has 1 N–H and O–H groups in total. The number of benzene rings is 1. The first-order chi connectivity index (χ1) is 8.52. The molecular formula is C14H16N2O2. The van der Waals surface area contributed by atoms with E-state index in [1.54, 1.807) is 10.7 Å². The van der Waals surface area contributed by atoms with Gasteiger partial charge in [-0.3, -0.25) is 0 Å². The molecule has 0 unspecified atom stereocenters. The Morgan fingerprint density at radius 1 is 1.28 bits per heavy atom. The zero-order valence-electron chi connectivity index (χ0n) is 10.8. The normalized spacial score (nSPS) is 10.6. The van der Waals surface area contributed by atoms with Gasteiger partial charge in [-0.2, -0.15) is 5.10 Å². The van der Waals surface area contributed by atoms with Gasteiger partial charge in [0, 0.05) is 5.69 Å². The topological polar surface area (TPSA) is 55.1 Å². The summed E-state index contributed by atoms with van der Waals surface area (Å²) in [4.78, 5) is 11.0. The Balaban J connectivity index is 2.55. The monoisotopic (exact) mass is 244 g/mol. The van der Waals surface area contributed by atoms with Gasteiger partial charge < -0.3 is 5.11 Å². The standard InChI is InChI=1S/C14H16N2O2/c1-4-11-8-13(14(17)18)15-16(11)12-6-5-9(2)10(3)7-12/h5-8H,4H2,1-3H3,(H,17,18). The van der Waals surface area contributed by atoms with Crippen molar-refractivity contribution in [3.8, 4) is 5.69 Å². The summed E-state index contributed by atoms with van der Waals surface area (Å²) in [6.45, 7) is 6.07. The van der Waals surface area contributed by atoms with Crippen LogP contribution >= 0.6 is 0 Å². The molecule has 0 bridgehead atoms. The van der Waals surface area contributed by atoms with Crippen molar-refractivity contribution in [2.45, 2.75) is 27.2 Å².